The Balaban J connectivity index is 2.64. The van der Waals surface area contributed by atoms with Crippen molar-refractivity contribution >= 4 is 10.9 Å². The lowest BCUT2D eigenvalue weighted by molar-refractivity contribution is 0.517. The summed E-state index contributed by atoms with van der Waals surface area (Å²) in [5.41, 5.74) is 5.91. The molecule has 0 saturated heterocycles. The van der Waals surface area contributed by atoms with Crippen LogP contribution in [0.4, 0.5) is 8.78 Å². The molecule has 3 nitrogen and oxygen atoms in total. The van der Waals surface area contributed by atoms with Crippen LogP contribution in [0.15, 0.2) is 18.3 Å². The molecule has 0 atom stereocenters. The fraction of sp³-hybridized carbons (Fsp3) is 0.222. The first-order valence-electron chi connectivity index (χ1n) is 4.23. The molecule has 0 unspecified atom stereocenters. The topological polar surface area (TPSA) is 43.8 Å². The maximum atomic E-state index is 13.2. The van der Waals surface area contributed by atoms with Crippen LogP contribution in [0, 0.1) is 11.6 Å². The summed E-state index contributed by atoms with van der Waals surface area (Å²) in [5, 5.41) is 4.11. The third-order valence-corrected chi connectivity index (χ3v) is 2.05. The molecule has 1 aromatic carbocycles. The smallest absolute Gasteiger partial charge is 0.169 e. The number of benzene rings is 1. The molecule has 0 radical (unpaired) electrons. The summed E-state index contributed by atoms with van der Waals surface area (Å²) in [6, 6.07) is 2.59. The molecule has 0 bridgehead atoms. The van der Waals surface area contributed by atoms with Crippen molar-refractivity contribution in [2.45, 2.75) is 6.54 Å². The predicted octanol–water partition coefficient (Wildman–Crippen LogP) is 1.27. The maximum Gasteiger partial charge on any atom is 0.169 e. The van der Waals surface area contributed by atoms with Crippen molar-refractivity contribution in [3.8, 4) is 0 Å². The number of nitrogens with two attached hydrogens (primary N) is 1. The number of hydrogen-bond acceptors (Lipinski definition) is 2. The average molecular weight is 197 g/mol. The second-order valence-electron chi connectivity index (χ2n) is 2.95. The number of rotatable bonds is 2. The van der Waals surface area contributed by atoms with E-state index in [4.69, 9.17) is 5.73 Å². The molecular weight excluding hydrogens is 188 g/mol. The molecule has 2 rings (SSSR count). The van der Waals surface area contributed by atoms with Gasteiger partial charge in [0.05, 0.1) is 23.6 Å². The SMILES string of the molecule is NCCn1ncc2c(F)c(F)ccc21. The molecule has 0 fully saturated rings. The minimum Gasteiger partial charge on any atom is -0.329 e. The highest BCUT2D eigenvalue weighted by Gasteiger charge is 2.10. The standard InChI is InChI=1S/C9H9F2N3/c10-7-1-2-8-6(9(7)11)5-13-14(8)4-3-12/h1-2,5H,3-4,12H2. The third-order valence-electron chi connectivity index (χ3n) is 2.05. The van der Waals surface area contributed by atoms with Crippen molar-refractivity contribution in [2.75, 3.05) is 6.54 Å². The summed E-state index contributed by atoms with van der Waals surface area (Å²) in [5.74, 6) is -1.71. The van der Waals surface area contributed by atoms with Gasteiger partial charge < -0.3 is 5.73 Å². The monoisotopic (exact) mass is 197 g/mol. The van der Waals surface area contributed by atoms with Crippen LogP contribution in [0.5, 0.6) is 0 Å². The van der Waals surface area contributed by atoms with Crippen molar-refractivity contribution in [1.82, 2.24) is 9.78 Å². The zero-order valence-corrected chi connectivity index (χ0v) is 7.37. The van der Waals surface area contributed by atoms with Crippen LogP contribution in [0.2, 0.25) is 0 Å². The van der Waals surface area contributed by atoms with Gasteiger partial charge in [-0.25, -0.2) is 8.78 Å². The van der Waals surface area contributed by atoms with E-state index in [-0.39, 0.29) is 5.39 Å². The zero-order valence-electron chi connectivity index (χ0n) is 7.37. The summed E-state index contributed by atoms with van der Waals surface area (Å²) < 4.78 is 27.6. The van der Waals surface area contributed by atoms with E-state index >= 15 is 0 Å². The molecule has 0 aliphatic carbocycles. The molecule has 0 amide bonds. The van der Waals surface area contributed by atoms with E-state index in [1.807, 2.05) is 0 Å². The molecule has 0 spiro atoms. The van der Waals surface area contributed by atoms with Gasteiger partial charge in [-0.3, -0.25) is 4.68 Å². The second-order valence-corrected chi connectivity index (χ2v) is 2.95. The molecule has 1 heterocycles. The van der Waals surface area contributed by atoms with Crippen LogP contribution in [0.3, 0.4) is 0 Å². The minimum atomic E-state index is -0.857. The molecule has 0 aliphatic heterocycles. The van der Waals surface area contributed by atoms with Gasteiger partial charge in [-0.05, 0) is 12.1 Å². The molecule has 2 N–H and O–H groups in total. The Morgan fingerprint density at radius 3 is 2.86 bits per heavy atom. The molecule has 2 aromatic rings. The number of hydrogen-bond donors (Lipinski definition) is 1. The molecule has 74 valence electrons. The Bertz CT molecular complexity index is 464. The van der Waals surface area contributed by atoms with Crippen LogP contribution >= 0.6 is 0 Å². The van der Waals surface area contributed by atoms with Crippen molar-refractivity contribution in [2.24, 2.45) is 5.73 Å². The van der Waals surface area contributed by atoms with E-state index in [1.54, 1.807) is 4.68 Å². The van der Waals surface area contributed by atoms with Gasteiger partial charge in [-0.2, -0.15) is 5.10 Å². The van der Waals surface area contributed by atoms with E-state index in [9.17, 15) is 8.78 Å². The minimum absolute atomic E-state index is 0.193. The highest BCUT2D eigenvalue weighted by molar-refractivity contribution is 5.79. The lowest BCUT2D eigenvalue weighted by Gasteiger charge is -2.00. The van der Waals surface area contributed by atoms with Crippen LogP contribution in [0.25, 0.3) is 10.9 Å². The van der Waals surface area contributed by atoms with E-state index in [2.05, 4.69) is 5.10 Å². The Hall–Kier alpha value is -1.49. The van der Waals surface area contributed by atoms with Gasteiger partial charge >= 0.3 is 0 Å². The van der Waals surface area contributed by atoms with Crippen molar-refractivity contribution in [3.63, 3.8) is 0 Å². The summed E-state index contributed by atoms with van der Waals surface area (Å²) in [4.78, 5) is 0. The normalized spacial score (nSPS) is 11.1. The zero-order chi connectivity index (χ0) is 10.1. The van der Waals surface area contributed by atoms with Gasteiger partial charge in [0.25, 0.3) is 0 Å². The summed E-state index contributed by atoms with van der Waals surface area (Å²) in [6.07, 6.45) is 1.31. The maximum absolute atomic E-state index is 13.2. The van der Waals surface area contributed by atoms with Gasteiger partial charge in [0.2, 0.25) is 0 Å². The summed E-state index contributed by atoms with van der Waals surface area (Å²) in [6.45, 7) is 0.907. The molecule has 5 heteroatoms. The first kappa shape index (κ1) is 9.08. The lowest BCUT2D eigenvalue weighted by atomic mass is 10.2. The molecular formula is C9H9F2N3. The van der Waals surface area contributed by atoms with Gasteiger partial charge in [0.1, 0.15) is 0 Å². The number of nitrogens with zero attached hydrogens (tertiary/aromatic N) is 2. The van der Waals surface area contributed by atoms with Crippen LogP contribution in [-0.4, -0.2) is 16.3 Å². The van der Waals surface area contributed by atoms with Crippen LogP contribution in [-0.2, 0) is 6.54 Å². The fourth-order valence-electron chi connectivity index (χ4n) is 1.39. The van der Waals surface area contributed by atoms with Gasteiger partial charge in [0, 0.05) is 6.54 Å². The molecule has 0 aliphatic rings. The predicted molar refractivity (Wildman–Crippen MR) is 48.7 cm³/mol. The first-order chi connectivity index (χ1) is 6.74. The average Bonchev–Trinajstić information content (AvgIpc) is 2.57. The summed E-state index contributed by atoms with van der Waals surface area (Å²) in [7, 11) is 0. The van der Waals surface area contributed by atoms with Gasteiger partial charge in [0.15, 0.2) is 11.6 Å². The Morgan fingerprint density at radius 2 is 2.14 bits per heavy atom. The highest BCUT2D eigenvalue weighted by atomic mass is 19.2. The third kappa shape index (κ3) is 1.26. The second kappa shape index (κ2) is 3.34. The Morgan fingerprint density at radius 1 is 1.36 bits per heavy atom. The molecule has 0 saturated carbocycles. The quantitative estimate of drug-likeness (QED) is 0.787. The summed E-state index contributed by atoms with van der Waals surface area (Å²) >= 11 is 0. The van der Waals surface area contributed by atoms with Crippen molar-refractivity contribution in [1.29, 1.82) is 0 Å². The Labute approximate surface area is 79.1 Å². The largest absolute Gasteiger partial charge is 0.329 e. The van der Waals surface area contributed by atoms with Crippen LogP contribution < -0.4 is 5.73 Å². The highest BCUT2D eigenvalue weighted by Crippen LogP contribution is 2.19. The first-order valence-corrected chi connectivity index (χ1v) is 4.23. The fourth-order valence-corrected chi connectivity index (χ4v) is 1.39. The molecule has 1 aromatic heterocycles. The number of fused-ring (bicyclic) bond motifs is 1. The van der Waals surface area contributed by atoms with E-state index < -0.39 is 11.6 Å². The van der Waals surface area contributed by atoms with Crippen LogP contribution in [0.1, 0.15) is 0 Å². The van der Waals surface area contributed by atoms with Crippen molar-refractivity contribution < 1.29 is 8.78 Å². The van der Waals surface area contributed by atoms with E-state index in [0.29, 0.717) is 18.6 Å². The van der Waals surface area contributed by atoms with Gasteiger partial charge in [-0.1, -0.05) is 0 Å². The number of halogens is 2. The van der Waals surface area contributed by atoms with Gasteiger partial charge in [-0.15, -0.1) is 0 Å². The van der Waals surface area contributed by atoms with Crippen molar-refractivity contribution in [3.05, 3.63) is 30.0 Å². The molecule has 14 heavy (non-hydrogen) atoms. The number of aromatic nitrogens is 2. The lowest BCUT2D eigenvalue weighted by Crippen LogP contribution is -2.10. The Kier molecular flexibility index (Phi) is 2.17. The van der Waals surface area contributed by atoms with E-state index in [0.717, 1.165) is 6.07 Å². The van der Waals surface area contributed by atoms with E-state index in [1.165, 1.54) is 12.3 Å².